The van der Waals surface area contributed by atoms with Crippen LogP contribution in [-0.4, -0.2) is 38.2 Å². The summed E-state index contributed by atoms with van der Waals surface area (Å²) in [6, 6.07) is 180. The van der Waals surface area contributed by atoms with Crippen molar-refractivity contribution < 1.29 is 0 Å². The number of nitrogens with zero attached hydrogens (tertiary/aromatic N) is 8. The van der Waals surface area contributed by atoms with Gasteiger partial charge in [-0.25, -0.2) is 9.97 Å². The molecule has 8 heteroatoms. The molecule has 142 heavy (non-hydrogen) atoms. The van der Waals surface area contributed by atoms with Gasteiger partial charge < -0.3 is 18.3 Å². The third-order valence-electron chi connectivity index (χ3n) is 29.0. The van der Waals surface area contributed by atoms with Crippen LogP contribution in [0.1, 0.15) is 0 Å². The fourth-order valence-electron chi connectivity index (χ4n) is 22.4. The molecule has 0 N–H and O–H groups in total. The van der Waals surface area contributed by atoms with E-state index >= 15 is 0 Å². The van der Waals surface area contributed by atoms with Crippen LogP contribution in [0.3, 0.4) is 0 Å². The van der Waals surface area contributed by atoms with E-state index in [1.807, 2.05) is 12.4 Å². The lowest BCUT2D eigenvalue weighted by Gasteiger charge is -2.12. The molecule has 0 amide bonds. The number of rotatable bonds is 13. The minimum Gasteiger partial charge on any atom is -0.309 e. The second kappa shape index (κ2) is 33.5. The van der Waals surface area contributed by atoms with Crippen LogP contribution in [0.25, 0.3) is 276 Å². The van der Waals surface area contributed by atoms with Gasteiger partial charge in [-0.3, -0.25) is 9.97 Å². The Morgan fingerprint density at radius 1 is 0.120 bits per heavy atom. The van der Waals surface area contributed by atoms with Crippen LogP contribution in [0.5, 0.6) is 0 Å². The van der Waals surface area contributed by atoms with Crippen molar-refractivity contribution in [2.45, 2.75) is 0 Å². The van der Waals surface area contributed by atoms with E-state index in [1.54, 1.807) is 0 Å². The summed E-state index contributed by atoms with van der Waals surface area (Å²) in [6.45, 7) is 0. The van der Waals surface area contributed by atoms with Gasteiger partial charge in [-0.05, 0) is 251 Å². The standard InChI is InChI=1S/C70H44N4.C64H40N4/c1-2-23-54(24-3-1)73-65-32-10-8-28-58(65)62-42-51(34-36-67(62)73)52-35-37-68-63(43-52)59-29-9-11-33-66(59)74(68)55-25-15-21-50(41-55)48-19-13-17-46(39-48)45-16-12-18-47(38-45)49-20-14-22-53(40-49)64-44-71-69-60-30-6-4-26-56(60)57-27-5-7-31-61(57)70(69)72-64;1-2-20-48(21-3-1)67-59-29-10-8-25-52(59)56-38-45(31-33-61(56)67)46-32-34-62-57(39-46)53-26-9-11-30-60(53)68(62)49-22-14-18-44(37-49)42-16-12-15-41(35-42)43-17-13-19-47(36-43)58-40-65-63-54-27-6-4-23-50(54)51-24-5-7-28-55(51)64(63)66-58/h1-44H;1-40H. The Bertz CT molecular complexity index is 10200. The van der Waals surface area contributed by atoms with Crippen molar-refractivity contribution in [3.63, 3.8) is 0 Å². The molecule has 0 aliphatic rings. The number of hydrogen-bond acceptors (Lipinski definition) is 4. The zero-order valence-electron chi connectivity index (χ0n) is 77.1. The first-order valence-electron chi connectivity index (χ1n) is 48.5. The van der Waals surface area contributed by atoms with Gasteiger partial charge in [0, 0.05) is 98.5 Å². The van der Waals surface area contributed by atoms with E-state index in [0.717, 1.165) is 128 Å². The maximum absolute atomic E-state index is 5.29. The summed E-state index contributed by atoms with van der Waals surface area (Å²) in [5, 5.41) is 19.2. The second-order valence-corrected chi connectivity index (χ2v) is 37.1. The van der Waals surface area contributed by atoms with Gasteiger partial charge in [0.05, 0.1) is 90.0 Å². The lowest BCUT2D eigenvalue weighted by molar-refractivity contribution is 1.18. The average molecular weight is 1810 g/mol. The molecule has 0 atom stereocenters. The van der Waals surface area contributed by atoms with E-state index < -0.39 is 0 Å². The lowest BCUT2D eigenvalue weighted by Crippen LogP contribution is -1.94. The summed E-state index contributed by atoms with van der Waals surface area (Å²) in [4.78, 5) is 20.7. The van der Waals surface area contributed by atoms with Crippen LogP contribution >= 0.6 is 0 Å². The van der Waals surface area contributed by atoms with Crippen molar-refractivity contribution in [1.29, 1.82) is 0 Å². The Hall–Kier alpha value is -19.0. The normalized spacial score (nSPS) is 11.8. The Balaban J connectivity index is 0.000000139. The molecule has 0 saturated carbocycles. The predicted molar refractivity (Wildman–Crippen MR) is 595 cm³/mol. The quantitative estimate of drug-likeness (QED) is 0.108. The molecular formula is C134H84N8. The summed E-state index contributed by atoms with van der Waals surface area (Å²) in [7, 11) is 0. The highest BCUT2D eigenvalue weighted by molar-refractivity contribution is 6.25. The minimum absolute atomic E-state index is 0.856. The largest absolute Gasteiger partial charge is 0.309 e. The Morgan fingerprint density at radius 2 is 0.317 bits per heavy atom. The molecule has 23 aromatic carbocycles. The van der Waals surface area contributed by atoms with Crippen molar-refractivity contribution in [3.8, 4) is 123 Å². The van der Waals surface area contributed by atoms with E-state index in [2.05, 4.69) is 516 Å². The van der Waals surface area contributed by atoms with Crippen molar-refractivity contribution >= 4 is 152 Å². The Morgan fingerprint density at radius 3 is 0.606 bits per heavy atom. The first-order valence-corrected chi connectivity index (χ1v) is 48.5. The number of aromatic nitrogens is 8. The molecule has 0 unspecified atom stereocenters. The zero-order chi connectivity index (χ0) is 93.4. The summed E-state index contributed by atoms with van der Waals surface area (Å²) >= 11 is 0. The first kappa shape index (κ1) is 81.3. The molecule has 0 bridgehead atoms. The van der Waals surface area contributed by atoms with Gasteiger partial charge in [-0.15, -0.1) is 0 Å². The van der Waals surface area contributed by atoms with Crippen LogP contribution in [0, 0.1) is 0 Å². The smallest absolute Gasteiger partial charge is 0.0979 e. The Kier molecular flexibility index (Phi) is 19.2. The van der Waals surface area contributed by atoms with E-state index in [0.29, 0.717) is 0 Å². The van der Waals surface area contributed by atoms with E-state index in [4.69, 9.17) is 19.9 Å². The highest BCUT2D eigenvalue weighted by Crippen LogP contribution is 2.46. The fourth-order valence-corrected chi connectivity index (χ4v) is 22.4. The van der Waals surface area contributed by atoms with Gasteiger partial charge in [0.1, 0.15) is 0 Å². The number of para-hydroxylation sites is 6. The van der Waals surface area contributed by atoms with Crippen molar-refractivity contribution in [2.75, 3.05) is 0 Å². The van der Waals surface area contributed by atoms with Crippen molar-refractivity contribution in [3.05, 3.63) is 510 Å². The molecule has 0 saturated heterocycles. The minimum atomic E-state index is 0.856. The third-order valence-corrected chi connectivity index (χ3v) is 29.0. The summed E-state index contributed by atoms with van der Waals surface area (Å²) in [6.07, 6.45) is 3.84. The molecule has 0 radical (unpaired) electrons. The molecule has 6 heterocycles. The van der Waals surface area contributed by atoms with Crippen molar-refractivity contribution in [2.24, 2.45) is 0 Å². The molecule has 0 aliphatic carbocycles. The van der Waals surface area contributed by atoms with Crippen LogP contribution in [0.4, 0.5) is 0 Å². The topological polar surface area (TPSA) is 71.3 Å². The number of benzene rings is 23. The lowest BCUT2D eigenvalue weighted by atomic mass is 9.95. The zero-order valence-corrected chi connectivity index (χ0v) is 77.1. The molecule has 0 spiro atoms. The average Bonchev–Trinajstić information content (AvgIpc) is 1.61. The van der Waals surface area contributed by atoms with E-state index in [1.165, 1.54) is 148 Å². The number of hydrogen-bond donors (Lipinski definition) is 0. The van der Waals surface area contributed by atoms with Gasteiger partial charge in [0.2, 0.25) is 0 Å². The molecule has 6 aromatic heterocycles. The van der Waals surface area contributed by atoms with Gasteiger partial charge in [0.15, 0.2) is 0 Å². The maximum Gasteiger partial charge on any atom is 0.0979 e. The first-order chi connectivity index (χ1) is 70.4. The second-order valence-electron chi connectivity index (χ2n) is 37.1. The summed E-state index contributed by atoms with van der Waals surface area (Å²) in [5.74, 6) is 0. The van der Waals surface area contributed by atoms with Gasteiger partial charge in [0.25, 0.3) is 0 Å². The molecular weight excluding hydrogens is 1720 g/mol. The van der Waals surface area contributed by atoms with Crippen LogP contribution in [-0.2, 0) is 0 Å². The number of fused-ring (bicyclic) bond motifs is 24. The van der Waals surface area contributed by atoms with E-state index in [-0.39, 0.29) is 0 Å². The predicted octanol–water partition coefficient (Wildman–Crippen LogP) is 35.3. The molecule has 0 aliphatic heterocycles. The molecule has 29 rings (SSSR count). The van der Waals surface area contributed by atoms with Gasteiger partial charge >= 0.3 is 0 Å². The SMILES string of the molecule is c1ccc(-n2c3ccccc3c3cc(-c4ccc5c(c4)c4ccccc4n5-c4cccc(-c5cccc(-c6cccc(-c7cccc(-c8cnc9c%10ccccc%10c%10ccccc%10c9n8)c7)c6)c5)c4)ccc32)cc1.c1ccc(-n2c3ccccc3c3cc(-c4ccc5c(c4)c4ccccc4n5-c4cccc(-c5cccc(-c6cccc(-c7cnc8c9ccccc9c9ccccc9c8n7)c6)c5)c4)ccc32)cc1. The molecule has 0 fully saturated rings. The van der Waals surface area contributed by atoms with Crippen LogP contribution < -0.4 is 0 Å². The summed E-state index contributed by atoms with van der Waals surface area (Å²) in [5.41, 5.74) is 37.9. The third kappa shape index (κ3) is 13.7. The maximum atomic E-state index is 5.29. The highest BCUT2D eigenvalue weighted by atomic mass is 15.0. The Labute approximate surface area is 817 Å². The van der Waals surface area contributed by atoms with Crippen LogP contribution in [0.2, 0.25) is 0 Å². The molecule has 29 aromatic rings. The summed E-state index contributed by atoms with van der Waals surface area (Å²) < 4.78 is 9.58. The van der Waals surface area contributed by atoms with E-state index in [9.17, 15) is 0 Å². The monoisotopic (exact) mass is 1800 g/mol. The molecule has 8 nitrogen and oxygen atoms in total. The van der Waals surface area contributed by atoms with Gasteiger partial charge in [-0.1, -0.05) is 346 Å². The van der Waals surface area contributed by atoms with Crippen LogP contribution in [0.15, 0.2) is 510 Å². The van der Waals surface area contributed by atoms with Crippen molar-refractivity contribution in [1.82, 2.24) is 38.2 Å². The fraction of sp³-hybridized carbons (Fsp3) is 0. The van der Waals surface area contributed by atoms with Gasteiger partial charge in [-0.2, -0.15) is 0 Å². The molecule has 660 valence electrons. The highest BCUT2D eigenvalue weighted by Gasteiger charge is 2.24.